The van der Waals surface area contributed by atoms with Crippen LogP contribution in [-0.4, -0.2) is 35.3 Å². The third-order valence-electron chi connectivity index (χ3n) is 3.70. The Morgan fingerprint density at radius 2 is 2.17 bits per heavy atom. The van der Waals surface area contributed by atoms with Crippen LogP contribution in [0.15, 0.2) is 24.5 Å². The quantitative estimate of drug-likeness (QED) is 0.880. The minimum Gasteiger partial charge on any atom is -0.322 e. The van der Waals surface area contributed by atoms with Crippen LogP contribution in [-0.2, 0) is 10.0 Å². The van der Waals surface area contributed by atoms with Crippen LogP contribution in [0.25, 0.3) is 23.5 Å². The van der Waals surface area contributed by atoms with Crippen LogP contribution in [0.4, 0.5) is 0 Å². The highest BCUT2D eigenvalue weighted by Gasteiger charge is 2.18. The second-order valence-corrected chi connectivity index (χ2v) is 7.79. The van der Waals surface area contributed by atoms with E-state index in [1.165, 1.54) is 6.26 Å². The van der Waals surface area contributed by atoms with Gasteiger partial charge in [-0.2, -0.15) is 0 Å². The molecule has 3 rings (SSSR count). The smallest absolute Gasteiger partial charge is 0.209 e. The highest BCUT2D eigenvalue weighted by Crippen LogP contribution is 2.17. The average Bonchev–Trinajstić information content (AvgIpc) is 2.85. The fourth-order valence-corrected chi connectivity index (χ4v) is 3.58. The molecule has 0 saturated carbocycles. The predicted octanol–water partition coefficient (Wildman–Crippen LogP) is 0.409. The monoisotopic (exact) mass is 332 g/mol. The van der Waals surface area contributed by atoms with Crippen molar-refractivity contribution in [3.8, 4) is 11.4 Å². The van der Waals surface area contributed by atoms with E-state index in [1.54, 1.807) is 12.4 Å². The van der Waals surface area contributed by atoms with Crippen molar-refractivity contribution < 1.29 is 8.42 Å². The van der Waals surface area contributed by atoms with E-state index in [1.807, 2.05) is 24.3 Å². The summed E-state index contributed by atoms with van der Waals surface area (Å²) in [6.07, 6.45) is 9.24. The molecule has 0 fully saturated rings. The van der Waals surface area contributed by atoms with Crippen molar-refractivity contribution in [2.75, 3.05) is 6.26 Å². The molecule has 0 saturated heterocycles. The van der Waals surface area contributed by atoms with Crippen molar-refractivity contribution in [3.63, 3.8) is 0 Å². The van der Waals surface area contributed by atoms with Crippen LogP contribution in [0.2, 0.25) is 0 Å². The van der Waals surface area contributed by atoms with Gasteiger partial charge in [-0.3, -0.25) is 4.98 Å². The molecule has 23 heavy (non-hydrogen) atoms. The Balaban J connectivity index is 2.15. The number of aromatic nitrogens is 3. The SMILES string of the molecule is CC(C)n1c(-c2cccnc2)nc2c1=CCC(NS(C)(=O)=O)C=2. The molecule has 1 unspecified atom stereocenters. The standard InChI is InChI=1S/C16H20N4O2S/c1-11(2)20-15-7-6-13(19-23(3,21)22)9-14(15)18-16(20)12-5-4-8-17-10-12/h4-5,7-11,13,19H,6H2,1-3H3. The van der Waals surface area contributed by atoms with E-state index in [-0.39, 0.29) is 12.1 Å². The second kappa shape index (κ2) is 5.90. The zero-order chi connectivity index (χ0) is 16.6. The molecule has 0 amide bonds. The normalized spacial score (nSPS) is 17.5. The molecule has 0 aliphatic heterocycles. The van der Waals surface area contributed by atoms with Gasteiger partial charge < -0.3 is 4.57 Å². The van der Waals surface area contributed by atoms with E-state index in [4.69, 9.17) is 4.98 Å². The van der Waals surface area contributed by atoms with Crippen LogP contribution < -0.4 is 15.4 Å². The van der Waals surface area contributed by atoms with Crippen molar-refractivity contribution in [1.82, 2.24) is 19.3 Å². The summed E-state index contributed by atoms with van der Waals surface area (Å²) in [5, 5.41) is 1.84. The summed E-state index contributed by atoms with van der Waals surface area (Å²) in [6, 6.07) is 3.85. The molecule has 7 heteroatoms. The van der Waals surface area contributed by atoms with E-state index >= 15 is 0 Å². The average molecular weight is 332 g/mol. The number of sulfonamides is 1. The zero-order valence-corrected chi connectivity index (χ0v) is 14.2. The Hall–Kier alpha value is -1.99. The van der Waals surface area contributed by atoms with Gasteiger partial charge in [-0.05, 0) is 38.5 Å². The Labute approximate surface area is 135 Å². The van der Waals surface area contributed by atoms with Gasteiger partial charge in [0.05, 0.1) is 17.0 Å². The Kier molecular flexibility index (Phi) is 4.08. The first-order chi connectivity index (χ1) is 10.8. The van der Waals surface area contributed by atoms with Gasteiger partial charge in [-0.1, -0.05) is 6.08 Å². The molecular weight excluding hydrogens is 312 g/mol. The van der Waals surface area contributed by atoms with E-state index in [0.717, 1.165) is 22.1 Å². The molecule has 0 aromatic carbocycles. The van der Waals surface area contributed by atoms with Crippen molar-refractivity contribution in [2.24, 2.45) is 0 Å². The highest BCUT2D eigenvalue weighted by atomic mass is 32.2. The second-order valence-electron chi connectivity index (χ2n) is 6.01. The molecule has 0 radical (unpaired) electrons. The van der Waals surface area contributed by atoms with Crippen LogP contribution >= 0.6 is 0 Å². The van der Waals surface area contributed by atoms with Crippen molar-refractivity contribution in [1.29, 1.82) is 0 Å². The molecule has 1 aliphatic rings. The number of imidazole rings is 1. The summed E-state index contributed by atoms with van der Waals surface area (Å²) < 4.78 is 27.7. The van der Waals surface area contributed by atoms with Crippen molar-refractivity contribution in [3.05, 3.63) is 35.2 Å². The first-order valence-electron chi connectivity index (χ1n) is 7.53. The molecule has 2 aromatic heterocycles. The van der Waals surface area contributed by atoms with Gasteiger partial charge in [0.25, 0.3) is 0 Å². The number of fused-ring (bicyclic) bond motifs is 1. The van der Waals surface area contributed by atoms with Gasteiger partial charge in [0, 0.05) is 30.0 Å². The van der Waals surface area contributed by atoms with Gasteiger partial charge in [0.15, 0.2) is 0 Å². The largest absolute Gasteiger partial charge is 0.322 e. The Morgan fingerprint density at radius 3 is 2.78 bits per heavy atom. The molecule has 2 heterocycles. The fourth-order valence-electron chi connectivity index (χ4n) is 2.86. The first-order valence-corrected chi connectivity index (χ1v) is 9.42. The van der Waals surface area contributed by atoms with E-state index < -0.39 is 10.0 Å². The molecular formula is C16H20N4O2S. The Bertz CT molecular complexity index is 930. The summed E-state index contributed by atoms with van der Waals surface area (Å²) in [6.45, 7) is 4.22. The topological polar surface area (TPSA) is 76.9 Å². The maximum Gasteiger partial charge on any atom is 0.209 e. The third kappa shape index (κ3) is 3.35. The minimum atomic E-state index is -3.24. The molecule has 2 aromatic rings. The molecule has 122 valence electrons. The van der Waals surface area contributed by atoms with Crippen molar-refractivity contribution in [2.45, 2.75) is 32.4 Å². The lowest BCUT2D eigenvalue weighted by Gasteiger charge is -2.15. The molecule has 1 atom stereocenters. The van der Waals surface area contributed by atoms with E-state index in [9.17, 15) is 8.42 Å². The number of nitrogens with zero attached hydrogens (tertiary/aromatic N) is 3. The van der Waals surface area contributed by atoms with E-state index in [2.05, 4.69) is 28.1 Å². The summed E-state index contributed by atoms with van der Waals surface area (Å²) in [7, 11) is -3.24. The number of pyridine rings is 1. The van der Waals surface area contributed by atoms with Crippen LogP contribution in [0.5, 0.6) is 0 Å². The molecule has 1 aliphatic carbocycles. The van der Waals surface area contributed by atoms with E-state index in [0.29, 0.717) is 6.42 Å². The summed E-state index contributed by atoms with van der Waals surface area (Å²) in [4.78, 5) is 8.89. The van der Waals surface area contributed by atoms with Gasteiger partial charge >= 0.3 is 0 Å². The molecule has 0 spiro atoms. The maximum atomic E-state index is 11.4. The molecule has 6 nitrogen and oxygen atoms in total. The zero-order valence-electron chi connectivity index (χ0n) is 13.4. The number of hydrogen-bond acceptors (Lipinski definition) is 4. The number of hydrogen-bond donors (Lipinski definition) is 1. The predicted molar refractivity (Wildman–Crippen MR) is 90.4 cm³/mol. The number of nitrogens with one attached hydrogen (secondary N) is 1. The summed E-state index contributed by atoms with van der Waals surface area (Å²) in [5.41, 5.74) is 0.949. The van der Waals surface area contributed by atoms with Gasteiger partial charge in [0.1, 0.15) is 5.82 Å². The van der Waals surface area contributed by atoms with Crippen molar-refractivity contribution >= 4 is 22.2 Å². The lowest BCUT2D eigenvalue weighted by Crippen LogP contribution is -2.41. The molecule has 0 bridgehead atoms. The van der Waals surface area contributed by atoms with Crippen LogP contribution in [0.3, 0.4) is 0 Å². The van der Waals surface area contributed by atoms with Crippen LogP contribution in [0.1, 0.15) is 26.3 Å². The highest BCUT2D eigenvalue weighted by molar-refractivity contribution is 7.88. The van der Waals surface area contributed by atoms with Gasteiger partial charge in [0.2, 0.25) is 10.0 Å². The number of rotatable bonds is 4. The summed E-state index contributed by atoms with van der Waals surface area (Å²) >= 11 is 0. The summed E-state index contributed by atoms with van der Waals surface area (Å²) in [5.74, 6) is 0.852. The minimum absolute atomic E-state index is 0.241. The maximum absolute atomic E-state index is 11.4. The van der Waals surface area contributed by atoms with Crippen LogP contribution in [0, 0.1) is 0 Å². The van der Waals surface area contributed by atoms with Gasteiger partial charge in [-0.15, -0.1) is 0 Å². The first kappa shape index (κ1) is 15.9. The molecule has 1 N–H and O–H groups in total. The van der Waals surface area contributed by atoms with Gasteiger partial charge in [-0.25, -0.2) is 18.1 Å². The fraction of sp³-hybridized carbons (Fsp3) is 0.375. The lowest BCUT2D eigenvalue weighted by molar-refractivity contribution is 0.577. The lowest BCUT2D eigenvalue weighted by atomic mass is 10.1. The Morgan fingerprint density at radius 1 is 1.39 bits per heavy atom. The third-order valence-corrected chi connectivity index (χ3v) is 4.43.